The predicted octanol–water partition coefficient (Wildman–Crippen LogP) is -0.364. The number of aromatic nitrogens is 3. The van der Waals surface area contributed by atoms with E-state index in [2.05, 4.69) is 25.8 Å². The highest BCUT2D eigenvalue weighted by atomic mass is 32.2. The molecule has 0 radical (unpaired) electrons. The van der Waals surface area contributed by atoms with E-state index >= 15 is 0 Å². The highest BCUT2D eigenvalue weighted by Gasteiger charge is 2.64. The number of hydrogen-bond acceptors (Lipinski definition) is 9. The van der Waals surface area contributed by atoms with Crippen molar-refractivity contribution in [2.45, 2.75) is 42.1 Å². The summed E-state index contributed by atoms with van der Waals surface area (Å²) < 4.78 is -0.875. The second kappa shape index (κ2) is 8.81. The molecule has 184 valence electrons. The minimum atomic E-state index is -1.37. The molecule has 4 atom stereocenters. The van der Waals surface area contributed by atoms with E-state index in [4.69, 9.17) is 12.2 Å². The lowest BCUT2D eigenvalue weighted by Gasteiger charge is -2.44. The van der Waals surface area contributed by atoms with E-state index < -0.39 is 63.2 Å². The second-order valence-electron chi connectivity index (χ2n) is 8.44. The first-order valence-electron chi connectivity index (χ1n) is 10.2. The molecule has 2 aromatic rings. The number of carboxylic acids is 1. The average Bonchev–Trinajstić information content (AvgIpc) is 3.04. The van der Waals surface area contributed by atoms with Crippen LogP contribution in [0.5, 0.6) is 5.75 Å². The minimum absolute atomic E-state index is 0.0814. The second-order valence-corrected chi connectivity index (χ2v) is 10.6. The van der Waals surface area contributed by atoms with Gasteiger partial charge in [-0.2, -0.15) is 5.10 Å². The third-order valence-electron chi connectivity index (χ3n) is 5.66. The van der Waals surface area contributed by atoms with Crippen molar-refractivity contribution >= 4 is 47.7 Å². The van der Waals surface area contributed by atoms with Gasteiger partial charge in [-0.25, -0.2) is 4.79 Å². The normalized spacial score (nSPS) is 23.1. The maximum absolute atomic E-state index is 13.2. The Hall–Kier alpha value is -3.72. The molecule has 2 aliphatic rings. The van der Waals surface area contributed by atoms with Crippen molar-refractivity contribution in [2.24, 2.45) is 0 Å². The number of phenolic OH excluding ortho intramolecular Hbond substituents is 1. The van der Waals surface area contributed by atoms with E-state index in [0.29, 0.717) is 0 Å². The predicted molar refractivity (Wildman–Crippen MR) is 124 cm³/mol. The largest absolute Gasteiger partial charge is 0.508 e. The highest BCUT2D eigenvalue weighted by molar-refractivity contribution is 8.01. The van der Waals surface area contributed by atoms with E-state index in [0.717, 1.165) is 0 Å². The lowest BCUT2D eigenvalue weighted by molar-refractivity contribution is -0.161. The van der Waals surface area contributed by atoms with Gasteiger partial charge in [0.15, 0.2) is 4.77 Å². The van der Waals surface area contributed by atoms with Crippen molar-refractivity contribution in [3.63, 3.8) is 0 Å². The zero-order valence-corrected chi connectivity index (χ0v) is 19.9. The number of rotatable bonds is 6. The Morgan fingerprint density at radius 1 is 1.23 bits per heavy atom. The molecule has 4 rings (SSSR count). The van der Waals surface area contributed by atoms with Gasteiger partial charge in [0.25, 0.3) is 11.5 Å². The molecule has 35 heavy (non-hydrogen) atoms. The Labute approximate surface area is 206 Å². The van der Waals surface area contributed by atoms with Crippen LogP contribution in [0.3, 0.4) is 0 Å². The molecular weight excluding hydrogens is 500 g/mol. The summed E-state index contributed by atoms with van der Waals surface area (Å²) in [5.74, 6) is -3.55. The molecule has 15 heteroatoms. The maximum atomic E-state index is 13.2. The molecule has 2 aliphatic heterocycles. The van der Waals surface area contributed by atoms with Gasteiger partial charge in [-0.05, 0) is 43.8 Å². The number of aliphatic carboxylic acids is 1. The van der Waals surface area contributed by atoms with Crippen LogP contribution in [0.2, 0.25) is 0 Å². The van der Waals surface area contributed by atoms with Crippen molar-refractivity contribution in [3.05, 3.63) is 50.6 Å². The van der Waals surface area contributed by atoms with Gasteiger partial charge in [-0.15, -0.1) is 11.8 Å². The Bertz CT molecular complexity index is 1340. The summed E-state index contributed by atoms with van der Waals surface area (Å²) in [5.41, 5.74) is -1.19. The smallest absolute Gasteiger partial charge is 0.327 e. The molecule has 13 nitrogen and oxygen atoms in total. The van der Waals surface area contributed by atoms with Crippen LogP contribution in [0.4, 0.5) is 0 Å². The molecule has 3 heterocycles. The van der Waals surface area contributed by atoms with Crippen molar-refractivity contribution < 1.29 is 29.4 Å². The number of benzene rings is 1. The minimum Gasteiger partial charge on any atom is -0.508 e. The summed E-state index contributed by atoms with van der Waals surface area (Å²) in [6, 6.07) is 1.95. The lowest BCUT2D eigenvalue weighted by atomic mass is 9.95. The number of aromatic hydroxyl groups is 1. The van der Waals surface area contributed by atoms with Gasteiger partial charge < -0.3 is 25.7 Å². The average molecular weight is 521 g/mol. The van der Waals surface area contributed by atoms with Gasteiger partial charge in [0, 0.05) is 4.75 Å². The number of fused-ring (bicyclic) bond motifs is 1. The number of carbonyl (C=O) groups excluding carboxylic acids is 3. The number of carboxylic acid groups (broad SMARTS) is 1. The number of thioether (sulfide) groups is 1. The van der Waals surface area contributed by atoms with Crippen LogP contribution < -0.4 is 16.2 Å². The first-order chi connectivity index (χ1) is 16.4. The first kappa shape index (κ1) is 24.4. The Balaban J connectivity index is 1.58. The van der Waals surface area contributed by atoms with Crippen molar-refractivity contribution in [1.82, 2.24) is 30.7 Å². The molecule has 1 unspecified atom stereocenters. The van der Waals surface area contributed by atoms with E-state index in [9.17, 15) is 34.2 Å². The van der Waals surface area contributed by atoms with E-state index in [1.807, 2.05) is 0 Å². The number of amides is 3. The molecule has 0 saturated carbocycles. The summed E-state index contributed by atoms with van der Waals surface area (Å²) in [6.45, 7) is 3.41. The number of aromatic amines is 2. The summed E-state index contributed by atoms with van der Waals surface area (Å²) in [4.78, 5) is 65.9. The van der Waals surface area contributed by atoms with Crippen LogP contribution in [0.25, 0.3) is 0 Å². The standard InChI is InChI=1S/C20H20N6O7S2/c1-20(2)12(18(32)33)26-16(31)11(17(26)35-20)22-13(28)9(7-3-5-8(27)6-4-7)21-14(29)10-15(30)23-19(34)25-24-10/h3-6,9,11-12,17,27H,1-2H3,(H,21,29)(H,22,28)(H,32,33)(H2,23,25,30,34)/t9?,11-,12+,17-/m1/s1. The van der Waals surface area contributed by atoms with E-state index in [1.54, 1.807) is 13.8 Å². The number of phenols is 1. The topological polar surface area (TPSA) is 198 Å². The number of nitrogens with one attached hydrogen (secondary N) is 4. The van der Waals surface area contributed by atoms with Crippen molar-refractivity contribution in [1.29, 1.82) is 0 Å². The fourth-order valence-electron chi connectivity index (χ4n) is 4.05. The molecule has 0 spiro atoms. The zero-order valence-electron chi connectivity index (χ0n) is 18.3. The van der Waals surface area contributed by atoms with Gasteiger partial charge in [0.1, 0.15) is 29.2 Å². The molecule has 0 aliphatic carbocycles. The molecular formula is C20H20N6O7S2. The Morgan fingerprint density at radius 2 is 1.89 bits per heavy atom. The summed E-state index contributed by atoms with van der Waals surface area (Å²) >= 11 is 6.00. The zero-order chi connectivity index (χ0) is 25.7. The third-order valence-corrected chi connectivity index (χ3v) is 7.43. The first-order valence-corrected chi connectivity index (χ1v) is 11.5. The third kappa shape index (κ3) is 4.39. The van der Waals surface area contributed by atoms with Gasteiger partial charge >= 0.3 is 5.97 Å². The number of β-lactam (4-membered cyclic amide) rings is 1. The number of nitrogens with zero attached hydrogens (tertiary/aromatic N) is 2. The van der Waals surface area contributed by atoms with Crippen molar-refractivity contribution in [2.75, 3.05) is 0 Å². The van der Waals surface area contributed by atoms with Gasteiger partial charge in [0.2, 0.25) is 17.5 Å². The Morgan fingerprint density at radius 3 is 2.49 bits per heavy atom. The van der Waals surface area contributed by atoms with Crippen molar-refractivity contribution in [3.8, 4) is 5.75 Å². The molecule has 2 saturated heterocycles. The number of H-pyrrole nitrogens is 2. The SMILES string of the molecule is CC1(C)S[C@@H]2[C@H](NC(=O)C(NC(=O)c3n[nH]c(=S)[nH]c3=O)c3ccc(O)cc3)C(=O)N2[C@H]1C(=O)O. The monoisotopic (exact) mass is 520 g/mol. The summed E-state index contributed by atoms with van der Waals surface area (Å²) in [6.07, 6.45) is 0. The molecule has 1 aromatic carbocycles. The van der Waals surface area contributed by atoms with Crippen LogP contribution in [0.15, 0.2) is 29.1 Å². The van der Waals surface area contributed by atoms with Gasteiger partial charge in [-0.1, -0.05) is 12.1 Å². The molecule has 6 N–H and O–H groups in total. The fraction of sp³-hybridized carbons (Fsp3) is 0.350. The molecule has 0 bridgehead atoms. The van der Waals surface area contributed by atoms with E-state index in [-0.39, 0.29) is 16.1 Å². The maximum Gasteiger partial charge on any atom is 0.327 e. The summed E-state index contributed by atoms with van der Waals surface area (Å²) in [7, 11) is 0. The fourth-order valence-corrected chi connectivity index (χ4v) is 5.81. The van der Waals surface area contributed by atoms with Crippen LogP contribution in [0.1, 0.15) is 35.9 Å². The highest BCUT2D eigenvalue weighted by Crippen LogP contribution is 2.50. The summed E-state index contributed by atoms with van der Waals surface area (Å²) in [5, 5.41) is 29.4. The quantitative estimate of drug-likeness (QED) is 0.216. The van der Waals surface area contributed by atoms with Gasteiger partial charge in [0.05, 0.1) is 0 Å². The van der Waals surface area contributed by atoms with Crippen LogP contribution >= 0.6 is 24.0 Å². The van der Waals surface area contributed by atoms with Crippen LogP contribution in [0, 0.1) is 4.77 Å². The van der Waals surface area contributed by atoms with E-state index in [1.165, 1.54) is 40.9 Å². The number of hydrogen-bond donors (Lipinski definition) is 6. The Kier molecular flexibility index (Phi) is 6.14. The van der Waals surface area contributed by atoms with Gasteiger partial charge in [-0.3, -0.25) is 29.3 Å². The van der Waals surface area contributed by atoms with Crippen LogP contribution in [-0.4, -0.2) is 76.2 Å². The molecule has 3 amide bonds. The molecule has 2 fully saturated rings. The number of carbonyl (C=O) groups is 4. The lowest BCUT2D eigenvalue weighted by Crippen LogP contribution is -2.71. The molecule has 1 aromatic heterocycles. The van der Waals surface area contributed by atoms with Crippen LogP contribution in [-0.2, 0) is 14.4 Å².